The Balaban J connectivity index is 0.00000312. The second-order valence-corrected chi connectivity index (χ2v) is 7.24. The molecule has 3 N–H and O–H groups in total. The van der Waals surface area contributed by atoms with Crippen LogP contribution in [0.25, 0.3) is 0 Å². The van der Waals surface area contributed by atoms with Gasteiger partial charge in [-0.15, -0.1) is 24.0 Å². The van der Waals surface area contributed by atoms with E-state index in [0.29, 0.717) is 12.6 Å². The molecule has 6 heteroatoms. The summed E-state index contributed by atoms with van der Waals surface area (Å²) in [4.78, 5) is 4.74. The lowest BCUT2D eigenvalue weighted by molar-refractivity contribution is 0.120. The summed E-state index contributed by atoms with van der Waals surface area (Å²) in [6.07, 6.45) is 3.47. The fraction of sp³-hybridized carbons (Fsp3) is 0.632. The van der Waals surface area contributed by atoms with E-state index < -0.39 is 0 Å². The minimum absolute atomic E-state index is 0. The molecule has 1 fully saturated rings. The largest absolute Gasteiger partial charge is 0.393 e. The number of halogens is 2. The van der Waals surface area contributed by atoms with Gasteiger partial charge in [0.1, 0.15) is 5.82 Å². The molecule has 0 atom stereocenters. The number of nitrogens with one attached hydrogen (secondary N) is 2. The molecule has 0 aliphatic heterocycles. The first-order valence-electron chi connectivity index (χ1n) is 8.89. The van der Waals surface area contributed by atoms with Crippen molar-refractivity contribution in [1.29, 1.82) is 0 Å². The number of hydrogen-bond donors (Lipinski definition) is 3. The van der Waals surface area contributed by atoms with E-state index >= 15 is 0 Å². The van der Waals surface area contributed by atoms with Crippen LogP contribution in [0.5, 0.6) is 0 Å². The van der Waals surface area contributed by atoms with Crippen LogP contribution in [0.3, 0.4) is 0 Å². The van der Waals surface area contributed by atoms with Crippen LogP contribution in [0.1, 0.15) is 52.0 Å². The van der Waals surface area contributed by atoms with Crippen LogP contribution < -0.4 is 10.6 Å². The van der Waals surface area contributed by atoms with E-state index in [1.807, 2.05) is 19.1 Å². The monoisotopic (exact) mass is 463 g/mol. The van der Waals surface area contributed by atoms with Crippen LogP contribution in [-0.4, -0.2) is 36.3 Å². The smallest absolute Gasteiger partial charge is 0.191 e. The van der Waals surface area contributed by atoms with Gasteiger partial charge in [0.05, 0.1) is 12.6 Å². The van der Waals surface area contributed by atoms with Crippen LogP contribution in [-0.2, 0) is 5.41 Å². The summed E-state index contributed by atoms with van der Waals surface area (Å²) in [5.41, 5.74) is 0.906. The van der Waals surface area contributed by atoms with Gasteiger partial charge in [-0.3, -0.25) is 4.99 Å². The number of rotatable bonds is 5. The van der Waals surface area contributed by atoms with Crippen molar-refractivity contribution in [2.24, 2.45) is 4.99 Å². The third-order valence-electron chi connectivity index (χ3n) is 4.64. The van der Waals surface area contributed by atoms with Crippen LogP contribution in [0, 0.1) is 5.82 Å². The molecule has 1 aliphatic rings. The third-order valence-corrected chi connectivity index (χ3v) is 4.64. The number of benzene rings is 1. The highest BCUT2D eigenvalue weighted by atomic mass is 127. The first-order chi connectivity index (χ1) is 11.4. The van der Waals surface area contributed by atoms with Crippen molar-refractivity contribution in [3.63, 3.8) is 0 Å². The molecule has 1 aromatic carbocycles. The van der Waals surface area contributed by atoms with Gasteiger partial charge in [-0.25, -0.2) is 4.39 Å². The van der Waals surface area contributed by atoms with E-state index in [2.05, 4.69) is 24.5 Å². The van der Waals surface area contributed by atoms with Crippen molar-refractivity contribution in [3.05, 3.63) is 35.6 Å². The Kier molecular flexibility index (Phi) is 9.13. The lowest BCUT2D eigenvalue weighted by Gasteiger charge is -2.28. The number of nitrogens with zero attached hydrogens (tertiary/aromatic N) is 1. The Bertz CT molecular complexity index is 540. The van der Waals surface area contributed by atoms with Gasteiger partial charge in [0.15, 0.2) is 5.96 Å². The first-order valence-corrected chi connectivity index (χ1v) is 8.89. The van der Waals surface area contributed by atoms with Crippen molar-refractivity contribution < 1.29 is 9.50 Å². The van der Waals surface area contributed by atoms with Gasteiger partial charge < -0.3 is 15.7 Å². The van der Waals surface area contributed by atoms with Crippen LogP contribution in [0.4, 0.5) is 4.39 Å². The van der Waals surface area contributed by atoms with Crippen molar-refractivity contribution in [2.45, 2.75) is 64.0 Å². The summed E-state index contributed by atoms with van der Waals surface area (Å²) in [6, 6.07) is 7.01. The highest BCUT2D eigenvalue weighted by Gasteiger charge is 2.22. The second kappa shape index (κ2) is 10.3. The lowest BCUT2D eigenvalue weighted by Crippen LogP contribution is -2.45. The van der Waals surface area contributed by atoms with Crippen LogP contribution in [0.2, 0.25) is 0 Å². The fourth-order valence-corrected chi connectivity index (χ4v) is 3.00. The summed E-state index contributed by atoms with van der Waals surface area (Å²) >= 11 is 0. The SMILES string of the molecule is CCNC(=NCC(C)(C)c1ccc(F)cc1)NC1CCC(O)CC1.I. The predicted molar refractivity (Wildman–Crippen MR) is 112 cm³/mol. The van der Waals surface area contributed by atoms with Crippen molar-refractivity contribution in [1.82, 2.24) is 10.6 Å². The van der Waals surface area contributed by atoms with E-state index in [-0.39, 0.29) is 41.3 Å². The van der Waals surface area contributed by atoms with Crippen molar-refractivity contribution in [3.8, 4) is 0 Å². The standard InChI is InChI=1S/C19H30FN3O.HI/c1-4-21-18(23-16-9-11-17(24)12-10-16)22-13-19(2,3)14-5-7-15(20)8-6-14;/h5-8,16-17,24H,4,9-13H2,1-3H3,(H2,21,22,23);1H. The van der Waals surface area contributed by atoms with E-state index in [9.17, 15) is 9.50 Å². The molecule has 0 radical (unpaired) electrons. The average Bonchev–Trinajstić information content (AvgIpc) is 2.55. The topological polar surface area (TPSA) is 56.7 Å². The second-order valence-electron chi connectivity index (χ2n) is 7.24. The summed E-state index contributed by atoms with van der Waals surface area (Å²) < 4.78 is 13.1. The summed E-state index contributed by atoms with van der Waals surface area (Å²) in [5.74, 6) is 0.599. The van der Waals surface area contributed by atoms with Crippen molar-refractivity contribution >= 4 is 29.9 Å². The van der Waals surface area contributed by atoms with E-state index in [1.165, 1.54) is 12.1 Å². The lowest BCUT2D eigenvalue weighted by atomic mass is 9.85. The highest BCUT2D eigenvalue weighted by molar-refractivity contribution is 14.0. The van der Waals surface area contributed by atoms with Gasteiger partial charge >= 0.3 is 0 Å². The first kappa shape index (κ1) is 22.2. The zero-order valence-corrected chi connectivity index (χ0v) is 17.7. The number of guanidine groups is 1. The maximum Gasteiger partial charge on any atom is 0.191 e. The minimum Gasteiger partial charge on any atom is -0.393 e. The number of aliphatic imine (C=N–C) groups is 1. The summed E-state index contributed by atoms with van der Waals surface area (Å²) in [5, 5.41) is 16.4. The molecule has 1 saturated carbocycles. The predicted octanol–water partition coefficient (Wildman–Crippen LogP) is 3.58. The Morgan fingerprint density at radius 1 is 1.20 bits per heavy atom. The molecule has 142 valence electrons. The van der Waals surface area contributed by atoms with Gasteiger partial charge in [0.2, 0.25) is 0 Å². The van der Waals surface area contributed by atoms with Gasteiger partial charge in [-0.05, 0) is 50.3 Å². The quantitative estimate of drug-likeness (QED) is 0.356. The Hall–Kier alpha value is -0.890. The molecule has 1 aromatic rings. The molecule has 1 aliphatic carbocycles. The average molecular weight is 463 g/mol. The molecule has 0 bridgehead atoms. The maximum absolute atomic E-state index is 13.1. The summed E-state index contributed by atoms with van der Waals surface area (Å²) in [7, 11) is 0. The van der Waals surface area contributed by atoms with Gasteiger partial charge in [0, 0.05) is 18.0 Å². The fourth-order valence-electron chi connectivity index (χ4n) is 3.00. The number of hydrogen-bond acceptors (Lipinski definition) is 2. The molecule has 0 spiro atoms. The van der Waals surface area contributed by atoms with Gasteiger partial charge in [-0.2, -0.15) is 0 Å². The maximum atomic E-state index is 13.1. The zero-order chi connectivity index (χ0) is 17.6. The molecule has 25 heavy (non-hydrogen) atoms. The molecule has 0 saturated heterocycles. The van der Waals surface area contributed by atoms with Crippen LogP contribution in [0.15, 0.2) is 29.3 Å². The van der Waals surface area contributed by atoms with Gasteiger partial charge in [0.25, 0.3) is 0 Å². The molecular formula is C19H31FIN3O. The molecule has 0 heterocycles. The van der Waals surface area contributed by atoms with E-state index in [0.717, 1.165) is 43.8 Å². The van der Waals surface area contributed by atoms with E-state index in [1.54, 1.807) is 0 Å². The number of aliphatic hydroxyl groups excluding tert-OH is 1. The summed E-state index contributed by atoms with van der Waals surface area (Å²) in [6.45, 7) is 7.70. The number of aliphatic hydroxyl groups is 1. The van der Waals surface area contributed by atoms with E-state index in [4.69, 9.17) is 4.99 Å². The zero-order valence-electron chi connectivity index (χ0n) is 15.4. The van der Waals surface area contributed by atoms with Crippen LogP contribution >= 0.6 is 24.0 Å². The van der Waals surface area contributed by atoms with Crippen molar-refractivity contribution in [2.75, 3.05) is 13.1 Å². The molecule has 0 amide bonds. The molecule has 2 rings (SSSR count). The third kappa shape index (κ3) is 7.09. The Morgan fingerprint density at radius 3 is 2.36 bits per heavy atom. The molecular weight excluding hydrogens is 432 g/mol. The molecule has 4 nitrogen and oxygen atoms in total. The normalized spacial score (nSPS) is 21.4. The Morgan fingerprint density at radius 2 is 1.80 bits per heavy atom. The Labute approximate surface area is 167 Å². The molecule has 0 unspecified atom stereocenters. The molecule has 0 aromatic heterocycles. The highest BCUT2D eigenvalue weighted by Crippen LogP contribution is 2.24. The van der Waals surface area contributed by atoms with Gasteiger partial charge in [-0.1, -0.05) is 26.0 Å². The minimum atomic E-state index is -0.215.